The van der Waals surface area contributed by atoms with Gasteiger partial charge in [-0.3, -0.25) is 9.00 Å². The minimum absolute atomic E-state index is 0.0784. The van der Waals surface area contributed by atoms with Gasteiger partial charge in [0, 0.05) is 27.6 Å². The lowest BCUT2D eigenvalue weighted by Gasteiger charge is -2.29. The quantitative estimate of drug-likeness (QED) is 0.471. The number of carbonyl (C=O) groups is 1. The van der Waals surface area contributed by atoms with Crippen molar-refractivity contribution in [3.8, 4) is 0 Å². The summed E-state index contributed by atoms with van der Waals surface area (Å²) in [5.74, 6) is -3.35. The summed E-state index contributed by atoms with van der Waals surface area (Å²) >= 11 is 11.7. The highest BCUT2D eigenvalue weighted by Crippen LogP contribution is 2.49. The largest absolute Gasteiger partial charge is 0.435 e. The van der Waals surface area contributed by atoms with Crippen molar-refractivity contribution in [2.24, 2.45) is 5.16 Å². The molecule has 0 saturated carbocycles. The average Bonchev–Trinajstić information content (AvgIpc) is 3.18. The molecule has 0 radical (unpaired) electrons. The van der Waals surface area contributed by atoms with Gasteiger partial charge in [-0.2, -0.15) is 26.3 Å². The predicted octanol–water partition coefficient (Wildman–Crippen LogP) is 5.50. The maximum atomic E-state index is 14.6. The van der Waals surface area contributed by atoms with Crippen molar-refractivity contribution >= 4 is 45.6 Å². The van der Waals surface area contributed by atoms with E-state index in [1.165, 1.54) is 11.4 Å². The van der Waals surface area contributed by atoms with E-state index in [0.29, 0.717) is 0 Å². The SMILES string of the molecule is O=C(CS(=O)c1ccc(C2=NOC(c3cc(Cl)cc(Cl)c3)(C(F)(F)F)C2)cc1F)NCC(F)(F)F. The van der Waals surface area contributed by atoms with E-state index in [4.69, 9.17) is 28.0 Å². The predicted molar refractivity (Wildman–Crippen MR) is 113 cm³/mol. The molecule has 3 rings (SSSR count). The molecule has 0 aromatic heterocycles. The Balaban J connectivity index is 1.81. The fourth-order valence-corrected chi connectivity index (χ4v) is 4.68. The highest BCUT2D eigenvalue weighted by atomic mass is 35.5. The molecule has 5 nitrogen and oxygen atoms in total. The summed E-state index contributed by atoms with van der Waals surface area (Å²) in [6, 6.07) is 6.02. The third-order valence-electron chi connectivity index (χ3n) is 4.77. The van der Waals surface area contributed by atoms with Gasteiger partial charge in [0.15, 0.2) is 0 Å². The Morgan fingerprint density at radius 3 is 2.26 bits per heavy atom. The van der Waals surface area contributed by atoms with Crippen LogP contribution in [0.3, 0.4) is 0 Å². The first kappa shape index (κ1) is 27.2. The van der Waals surface area contributed by atoms with E-state index in [9.17, 15) is 39.7 Å². The summed E-state index contributed by atoms with van der Waals surface area (Å²) in [7, 11) is -2.36. The lowest BCUT2D eigenvalue weighted by atomic mass is 9.86. The summed E-state index contributed by atoms with van der Waals surface area (Å²) in [5, 5.41) is 4.82. The van der Waals surface area contributed by atoms with Crippen LogP contribution in [0.2, 0.25) is 10.0 Å². The molecule has 190 valence electrons. The van der Waals surface area contributed by atoms with Crippen LogP contribution in [-0.4, -0.2) is 40.5 Å². The molecule has 15 heteroatoms. The van der Waals surface area contributed by atoms with E-state index < -0.39 is 69.7 Å². The van der Waals surface area contributed by atoms with Gasteiger partial charge in [-0.25, -0.2) is 4.39 Å². The van der Waals surface area contributed by atoms with Crippen LogP contribution < -0.4 is 5.32 Å². The van der Waals surface area contributed by atoms with Crippen LogP contribution >= 0.6 is 23.2 Å². The normalized spacial score (nSPS) is 19.2. The van der Waals surface area contributed by atoms with Gasteiger partial charge in [0.1, 0.15) is 18.1 Å². The van der Waals surface area contributed by atoms with Gasteiger partial charge in [0.25, 0.3) is 5.60 Å². The average molecular weight is 565 g/mol. The Bertz CT molecular complexity index is 1180. The first-order valence-corrected chi connectivity index (χ1v) is 11.5. The van der Waals surface area contributed by atoms with E-state index in [2.05, 4.69) is 5.16 Å². The number of nitrogens with zero attached hydrogens (tertiary/aromatic N) is 1. The van der Waals surface area contributed by atoms with Gasteiger partial charge < -0.3 is 10.2 Å². The summed E-state index contributed by atoms with van der Waals surface area (Å²) in [6.07, 6.45) is -10.5. The molecule has 1 aliphatic rings. The van der Waals surface area contributed by atoms with E-state index in [0.717, 1.165) is 30.3 Å². The molecule has 1 heterocycles. The van der Waals surface area contributed by atoms with Crippen LogP contribution in [0.1, 0.15) is 17.5 Å². The molecular formula is C20H13Cl2F7N2O3S. The Labute approximate surface area is 205 Å². The molecule has 0 fully saturated rings. The van der Waals surface area contributed by atoms with Gasteiger partial charge in [-0.05, 0) is 30.3 Å². The number of hydrogen-bond acceptors (Lipinski definition) is 4. The molecule has 2 atom stereocenters. The van der Waals surface area contributed by atoms with Gasteiger partial charge in [0.2, 0.25) is 5.91 Å². The molecule has 2 aromatic carbocycles. The van der Waals surface area contributed by atoms with Crippen molar-refractivity contribution in [3.05, 3.63) is 63.4 Å². The fraction of sp³-hybridized carbons (Fsp3) is 0.300. The number of benzene rings is 2. The number of alkyl halides is 6. The number of carbonyl (C=O) groups excluding carboxylic acids is 1. The highest BCUT2D eigenvalue weighted by molar-refractivity contribution is 7.85. The van der Waals surface area contributed by atoms with Crippen LogP contribution in [0.5, 0.6) is 0 Å². The van der Waals surface area contributed by atoms with E-state index in [1.54, 1.807) is 0 Å². The summed E-state index contributed by atoms with van der Waals surface area (Å²) in [5.41, 5.74) is -3.81. The number of halogens is 9. The summed E-state index contributed by atoms with van der Waals surface area (Å²) in [6.45, 7) is -1.65. The van der Waals surface area contributed by atoms with Crippen molar-refractivity contribution in [1.82, 2.24) is 5.32 Å². The van der Waals surface area contributed by atoms with Gasteiger partial charge in [-0.15, -0.1) is 0 Å². The molecule has 0 aliphatic carbocycles. The Hall–Kier alpha value is -2.38. The topological polar surface area (TPSA) is 67.8 Å². The molecular weight excluding hydrogens is 552 g/mol. The second-order valence-corrected chi connectivity index (χ2v) is 9.61. The van der Waals surface area contributed by atoms with Crippen LogP contribution in [-0.2, 0) is 26.0 Å². The molecule has 2 aromatic rings. The lowest BCUT2D eigenvalue weighted by molar-refractivity contribution is -0.275. The molecule has 2 unspecified atom stereocenters. The van der Waals surface area contributed by atoms with Crippen LogP contribution in [0.4, 0.5) is 30.7 Å². The first-order chi connectivity index (χ1) is 16.1. The Morgan fingerprint density at radius 2 is 1.71 bits per heavy atom. The third-order valence-corrected chi connectivity index (χ3v) is 6.56. The van der Waals surface area contributed by atoms with Crippen LogP contribution in [0.15, 0.2) is 46.4 Å². The fourth-order valence-electron chi connectivity index (χ4n) is 3.16. The van der Waals surface area contributed by atoms with Crippen molar-refractivity contribution in [2.45, 2.75) is 29.3 Å². The molecule has 1 amide bonds. The monoisotopic (exact) mass is 564 g/mol. The van der Waals surface area contributed by atoms with E-state index in [1.807, 2.05) is 0 Å². The van der Waals surface area contributed by atoms with E-state index in [-0.39, 0.29) is 21.3 Å². The molecule has 0 spiro atoms. The Kier molecular flexibility index (Phi) is 7.73. The lowest BCUT2D eigenvalue weighted by Crippen LogP contribution is -2.42. The van der Waals surface area contributed by atoms with Crippen molar-refractivity contribution < 1.29 is 44.6 Å². The molecule has 0 bridgehead atoms. The number of oxime groups is 1. The standard InChI is InChI=1S/C20H13Cl2F7N2O3S/c21-12-4-11(5-13(22)6-12)18(20(27,28)29)7-15(31-34-18)10-1-2-16(14(23)3-10)35(33)8-17(32)30-9-19(24,25)26/h1-6H,7-9H2,(H,30,32). The van der Waals surface area contributed by atoms with E-state index >= 15 is 0 Å². The highest BCUT2D eigenvalue weighted by Gasteiger charge is 2.62. The number of hydrogen-bond donors (Lipinski definition) is 1. The van der Waals surface area contributed by atoms with Gasteiger partial charge >= 0.3 is 12.4 Å². The zero-order valence-corrected chi connectivity index (χ0v) is 19.4. The van der Waals surface area contributed by atoms with Crippen molar-refractivity contribution in [3.63, 3.8) is 0 Å². The van der Waals surface area contributed by atoms with Gasteiger partial charge in [0.05, 0.1) is 21.4 Å². The zero-order valence-electron chi connectivity index (χ0n) is 17.1. The third kappa shape index (κ3) is 6.25. The second kappa shape index (κ2) is 9.94. The summed E-state index contributed by atoms with van der Waals surface area (Å²) in [4.78, 5) is 15.8. The van der Waals surface area contributed by atoms with Gasteiger partial charge in [-0.1, -0.05) is 34.4 Å². The Morgan fingerprint density at radius 1 is 1.09 bits per heavy atom. The van der Waals surface area contributed by atoms with Crippen molar-refractivity contribution in [2.75, 3.05) is 12.3 Å². The maximum Gasteiger partial charge on any atom is 0.435 e. The molecule has 0 saturated heterocycles. The van der Waals surface area contributed by atoms with Crippen molar-refractivity contribution in [1.29, 1.82) is 0 Å². The molecule has 35 heavy (non-hydrogen) atoms. The second-order valence-electron chi connectivity index (χ2n) is 7.32. The minimum Gasteiger partial charge on any atom is -0.374 e. The number of nitrogens with one attached hydrogen (secondary N) is 1. The van der Waals surface area contributed by atoms with Crippen LogP contribution in [0, 0.1) is 5.82 Å². The zero-order chi connectivity index (χ0) is 26.2. The first-order valence-electron chi connectivity index (χ1n) is 9.41. The maximum absolute atomic E-state index is 14.6. The smallest absolute Gasteiger partial charge is 0.374 e. The molecule has 1 aliphatic heterocycles. The number of amides is 1. The number of rotatable bonds is 6. The molecule has 1 N–H and O–H groups in total. The van der Waals surface area contributed by atoms with Crippen LogP contribution in [0.25, 0.3) is 0 Å². The minimum atomic E-state index is -4.98. The summed E-state index contributed by atoms with van der Waals surface area (Å²) < 4.78 is 105.